The lowest BCUT2D eigenvalue weighted by Gasteiger charge is -2.48. The van der Waals surface area contributed by atoms with Crippen molar-refractivity contribution in [2.45, 2.75) is 25.9 Å². The summed E-state index contributed by atoms with van der Waals surface area (Å²) >= 11 is 0. The molecule has 23 heavy (non-hydrogen) atoms. The first-order valence-electron chi connectivity index (χ1n) is 8.39. The van der Waals surface area contributed by atoms with E-state index in [0.29, 0.717) is 23.7 Å². The number of benzene rings is 1. The second-order valence-electron chi connectivity index (χ2n) is 6.83. The smallest absolute Gasteiger partial charge is 0.298 e. The minimum absolute atomic E-state index is 0.287. The summed E-state index contributed by atoms with van der Waals surface area (Å²) in [7, 11) is 0. The molecule has 3 heterocycles. The third-order valence-electron chi connectivity index (χ3n) is 5.07. The Morgan fingerprint density at radius 1 is 1.17 bits per heavy atom. The van der Waals surface area contributed by atoms with Crippen molar-refractivity contribution in [3.8, 4) is 0 Å². The highest BCUT2D eigenvalue weighted by atomic mass is 19.1. The average Bonchev–Trinajstić information content (AvgIpc) is 2.88. The van der Waals surface area contributed by atoms with Gasteiger partial charge in [0.1, 0.15) is 11.3 Å². The van der Waals surface area contributed by atoms with Crippen molar-refractivity contribution in [1.29, 1.82) is 0 Å². The van der Waals surface area contributed by atoms with Crippen molar-refractivity contribution in [2.75, 3.05) is 44.2 Å². The SMILES string of the molecule is CC(C)N1CCN(C2CN(c3nc4ccc(F)cc4o3)C2)CC1. The summed E-state index contributed by atoms with van der Waals surface area (Å²) in [6.45, 7) is 11.0. The third kappa shape index (κ3) is 2.81. The summed E-state index contributed by atoms with van der Waals surface area (Å²) < 4.78 is 18.9. The van der Waals surface area contributed by atoms with Gasteiger partial charge in [0.25, 0.3) is 6.01 Å². The minimum atomic E-state index is -0.287. The molecule has 2 aliphatic heterocycles. The van der Waals surface area contributed by atoms with Crippen molar-refractivity contribution >= 4 is 17.1 Å². The Morgan fingerprint density at radius 3 is 2.61 bits per heavy atom. The molecule has 6 heteroatoms. The normalized spacial score (nSPS) is 21.3. The molecule has 2 saturated heterocycles. The van der Waals surface area contributed by atoms with Gasteiger partial charge in [0.2, 0.25) is 0 Å². The molecule has 0 saturated carbocycles. The summed E-state index contributed by atoms with van der Waals surface area (Å²) in [5.74, 6) is -0.287. The lowest BCUT2D eigenvalue weighted by atomic mass is 10.1. The highest BCUT2D eigenvalue weighted by Crippen LogP contribution is 2.28. The van der Waals surface area contributed by atoms with Crippen LogP contribution in [0, 0.1) is 5.82 Å². The van der Waals surface area contributed by atoms with Crippen molar-refractivity contribution in [2.24, 2.45) is 0 Å². The van der Waals surface area contributed by atoms with Gasteiger partial charge < -0.3 is 9.32 Å². The molecule has 0 radical (unpaired) electrons. The van der Waals surface area contributed by atoms with Gasteiger partial charge in [0, 0.05) is 57.4 Å². The highest BCUT2D eigenvalue weighted by molar-refractivity contribution is 5.74. The standard InChI is InChI=1S/C17H23FN4O/c1-12(2)20-5-7-21(8-6-20)14-10-22(11-14)17-19-15-4-3-13(18)9-16(15)23-17/h3-4,9,12,14H,5-8,10-11H2,1-2H3. The van der Waals surface area contributed by atoms with Gasteiger partial charge >= 0.3 is 0 Å². The fourth-order valence-corrected chi connectivity index (χ4v) is 3.48. The van der Waals surface area contributed by atoms with Crippen LogP contribution in [0.15, 0.2) is 22.6 Å². The van der Waals surface area contributed by atoms with E-state index in [1.54, 1.807) is 6.07 Å². The van der Waals surface area contributed by atoms with Crippen LogP contribution in [0.5, 0.6) is 0 Å². The van der Waals surface area contributed by atoms with Crippen molar-refractivity contribution < 1.29 is 8.81 Å². The molecular weight excluding hydrogens is 295 g/mol. The van der Waals surface area contributed by atoms with Crippen LogP contribution >= 0.6 is 0 Å². The number of anilines is 1. The molecule has 2 aromatic rings. The van der Waals surface area contributed by atoms with Crippen molar-refractivity contribution in [1.82, 2.24) is 14.8 Å². The molecule has 0 spiro atoms. The lowest BCUT2D eigenvalue weighted by Crippen LogP contribution is -2.63. The van der Waals surface area contributed by atoms with Crippen LogP contribution in [0.25, 0.3) is 11.1 Å². The summed E-state index contributed by atoms with van der Waals surface area (Å²) in [5, 5.41) is 0. The number of halogens is 1. The molecule has 124 valence electrons. The number of hydrogen-bond acceptors (Lipinski definition) is 5. The summed E-state index contributed by atoms with van der Waals surface area (Å²) in [5.41, 5.74) is 1.24. The van der Waals surface area contributed by atoms with Gasteiger partial charge in [-0.3, -0.25) is 9.80 Å². The number of fused-ring (bicyclic) bond motifs is 1. The number of nitrogens with zero attached hydrogens (tertiary/aromatic N) is 4. The molecule has 0 N–H and O–H groups in total. The molecular formula is C17H23FN4O. The Balaban J connectivity index is 1.36. The van der Waals surface area contributed by atoms with Crippen LogP contribution in [0.2, 0.25) is 0 Å². The molecule has 0 aliphatic carbocycles. The second-order valence-corrected chi connectivity index (χ2v) is 6.83. The average molecular weight is 318 g/mol. The van der Waals surface area contributed by atoms with Crippen LogP contribution < -0.4 is 4.90 Å². The molecule has 0 bridgehead atoms. The minimum Gasteiger partial charge on any atom is -0.423 e. The molecule has 0 atom stereocenters. The summed E-state index contributed by atoms with van der Waals surface area (Å²) in [4.78, 5) is 11.7. The predicted octanol–water partition coefficient (Wildman–Crippen LogP) is 2.18. The van der Waals surface area contributed by atoms with E-state index in [4.69, 9.17) is 4.42 Å². The van der Waals surface area contributed by atoms with Crippen LogP contribution in [-0.4, -0.2) is 66.1 Å². The number of hydrogen-bond donors (Lipinski definition) is 0. The molecule has 4 rings (SSSR count). The Labute approximate surface area is 135 Å². The van der Waals surface area contributed by atoms with E-state index in [0.717, 1.165) is 44.8 Å². The van der Waals surface area contributed by atoms with E-state index in [1.807, 2.05) is 0 Å². The van der Waals surface area contributed by atoms with E-state index in [1.165, 1.54) is 12.1 Å². The highest BCUT2D eigenvalue weighted by Gasteiger charge is 2.36. The van der Waals surface area contributed by atoms with E-state index in [9.17, 15) is 4.39 Å². The topological polar surface area (TPSA) is 35.8 Å². The fourth-order valence-electron chi connectivity index (χ4n) is 3.48. The first kappa shape index (κ1) is 14.9. The molecule has 0 unspecified atom stereocenters. The van der Waals surface area contributed by atoms with E-state index in [-0.39, 0.29) is 5.82 Å². The number of oxazole rings is 1. The molecule has 1 aromatic heterocycles. The van der Waals surface area contributed by atoms with Gasteiger partial charge in [-0.1, -0.05) is 0 Å². The number of aromatic nitrogens is 1. The first-order valence-corrected chi connectivity index (χ1v) is 8.39. The zero-order valence-electron chi connectivity index (χ0n) is 13.7. The molecule has 0 amide bonds. The maximum atomic E-state index is 13.2. The quantitative estimate of drug-likeness (QED) is 0.867. The van der Waals surface area contributed by atoms with Crippen LogP contribution in [0.1, 0.15) is 13.8 Å². The molecule has 2 aliphatic rings. The second kappa shape index (κ2) is 5.76. The van der Waals surface area contributed by atoms with Gasteiger partial charge in [-0.25, -0.2) is 4.39 Å². The Bertz CT molecular complexity index is 687. The maximum Gasteiger partial charge on any atom is 0.298 e. The van der Waals surface area contributed by atoms with Gasteiger partial charge in [0.05, 0.1) is 0 Å². The predicted molar refractivity (Wildman–Crippen MR) is 88.3 cm³/mol. The zero-order chi connectivity index (χ0) is 16.0. The molecule has 5 nitrogen and oxygen atoms in total. The van der Waals surface area contributed by atoms with Gasteiger partial charge in [-0.2, -0.15) is 4.98 Å². The first-order chi connectivity index (χ1) is 11.1. The van der Waals surface area contributed by atoms with E-state index >= 15 is 0 Å². The van der Waals surface area contributed by atoms with Gasteiger partial charge in [-0.05, 0) is 26.0 Å². The van der Waals surface area contributed by atoms with Gasteiger partial charge in [-0.15, -0.1) is 0 Å². The summed E-state index contributed by atoms with van der Waals surface area (Å²) in [6, 6.07) is 6.31. The monoisotopic (exact) mass is 318 g/mol. The lowest BCUT2D eigenvalue weighted by molar-refractivity contribution is 0.0666. The van der Waals surface area contributed by atoms with Crippen molar-refractivity contribution in [3.63, 3.8) is 0 Å². The maximum absolute atomic E-state index is 13.2. The number of piperazine rings is 1. The van der Waals surface area contributed by atoms with E-state index < -0.39 is 0 Å². The molecule has 2 fully saturated rings. The van der Waals surface area contributed by atoms with Gasteiger partial charge in [0.15, 0.2) is 5.58 Å². The van der Waals surface area contributed by atoms with Crippen LogP contribution in [-0.2, 0) is 0 Å². The summed E-state index contributed by atoms with van der Waals surface area (Å²) in [6.07, 6.45) is 0. The Morgan fingerprint density at radius 2 is 1.91 bits per heavy atom. The Kier molecular flexibility index (Phi) is 3.73. The largest absolute Gasteiger partial charge is 0.423 e. The van der Waals surface area contributed by atoms with Crippen LogP contribution in [0.3, 0.4) is 0 Å². The van der Waals surface area contributed by atoms with Crippen LogP contribution in [0.4, 0.5) is 10.4 Å². The zero-order valence-corrected chi connectivity index (χ0v) is 13.7. The van der Waals surface area contributed by atoms with E-state index in [2.05, 4.69) is 33.5 Å². The third-order valence-corrected chi connectivity index (χ3v) is 5.07. The Hall–Kier alpha value is -1.66. The fraction of sp³-hybridized carbons (Fsp3) is 0.588. The number of rotatable bonds is 3. The molecule has 1 aromatic carbocycles. The van der Waals surface area contributed by atoms with Crippen molar-refractivity contribution in [3.05, 3.63) is 24.0 Å².